The molecule has 0 aromatic carbocycles. The second-order valence-electron chi connectivity index (χ2n) is 5.92. The first-order valence-electron chi connectivity index (χ1n) is 8.06. The third kappa shape index (κ3) is 6.69. The van der Waals surface area contributed by atoms with E-state index in [4.69, 9.17) is 0 Å². The molecule has 0 bridgehead atoms. The SMILES string of the molecule is CC(=O)Cc1cc(C(C)NC(=O)c2cccc(OCC(F)(F)F)n2)ccn1. The summed E-state index contributed by atoms with van der Waals surface area (Å²) in [5.74, 6) is -0.888. The molecule has 0 aliphatic carbocycles. The van der Waals surface area contributed by atoms with E-state index in [0.29, 0.717) is 5.69 Å². The molecule has 2 heterocycles. The number of aromatic nitrogens is 2. The molecule has 1 atom stereocenters. The lowest BCUT2D eigenvalue weighted by Gasteiger charge is -2.15. The molecule has 0 radical (unpaired) electrons. The lowest BCUT2D eigenvalue weighted by molar-refractivity contribution is -0.154. The van der Waals surface area contributed by atoms with Gasteiger partial charge in [0.1, 0.15) is 11.5 Å². The zero-order valence-electron chi connectivity index (χ0n) is 14.7. The highest BCUT2D eigenvalue weighted by molar-refractivity contribution is 5.92. The molecule has 1 amide bonds. The van der Waals surface area contributed by atoms with Crippen LogP contribution < -0.4 is 10.1 Å². The summed E-state index contributed by atoms with van der Waals surface area (Å²) in [7, 11) is 0. The molecule has 0 spiro atoms. The number of nitrogens with zero attached hydrogens (tertiary/aromatic N) is 2. The molecule has 0 aliphatic heterocycles. The van der Waals surface area contributed by atoms with Crippen LogP contribution >= 0.6 is 0 Å². The van der Waals surface area contributed by atoms with E-state index in [1.165, 1.54) is 25.1 Å². The third-order valence-corrected chi connectivity index (χ3v) is 3.46. The van der Waals surface area contributed by atoms with Crippen molar-refractivity contribution < 1.29 is 27.5 Å². The van der Waals surface area contributed by atoms with Crippen LogP contribution in [0.3, 0.4) is 0 Å². The zero-order valence-corrected chi connectivity index (χ0v) is 14.7. The van der Waals surface area contributed by atoms with Crippen LogP contribution in [0.5, 0.6) is 5.88 Å². The number of carbonyl (C=O) groups excluding carboxylic acids is 2. The smallest absolute Gasteiger partial charge is 0.422 e. The van der Waals surface area contributed by atoms with Crippen LogP contribution in [0.2, 0.25) is 0 Å². The quantitative estimate of drug-likeness (QED) is 0.797. The van der Waals surface area contributed by atoms with Crippen molar-refractivity contribution in [2.75, 3.05) is 6.61 Å². The molecule has 0 aliphatic rings. The van der Waals surface area contributed by atoms with Crippen molar-refractivity contribution in [1.29, 1.82) is 0 Å². The Morgan fingerprint density at radius 2 is 2.00 bits per heavy atom. The highest BCUT2D eigenvalue weighted by atomic mass is 19.4. The highest BCUT2D eigenvalue weighted by Crippen LogP contribution is 2.18. The summed E-state index contributed by atoms with van der Waals surface area (Å²) in [5, 5.41) is 2.70. The number of rotatable bonds is 7. The average molecular weight is 381 g/mol. The minimum absolute atomic E-state index is 0.0313. The minimum atomic E-state index is -4.49. The number of amides is 1. The maximum Gasteiger partial charge on any atom is 0.422 e. The maximum atomic E-state index is 12.3. The van der Waals surface area contributed by atoms with Crippen molar-refractivity contribution in [3.8, 4) is 5.88 Å². The Bertz CT molecular complexity index is 825. The topological polar surface area (TPSA) is 81.2 Å². The first-order chi connectivity index (χ1) is 12.6. The van der Waals surface area contributed by atoms with E-state index in [2.05, 4.69) is 20.0 Å². The molecule has 1 N–H and O–H groups in total. The molecular weight excluding hydrogens is 363 g/mol. The van der Waals surface area contributed by atoms with Gasteiger partial charge in [-0.1, -0.05) is 6.07 Å². The summed E-state index contributed by atoms with van der Waals surface area (Å²) in [6, 6.07) is 6.98. The standard InChI is InChI=1S/C18H18F3N3O3/c1-11(25)8-14-9-13(6-7-22-14)12(2)23-17(26)15-4-3-5-16(24-15)27-10-18(19,20)21/h3-7,9,12H,8,10H2,1-2H3,(H,23,26). The van der Waals surface area contributed by atoms with Crippen LogP contribution in [0.25, 0.3) is 0 Å². The van der Waals surface area contributed by atoms with Crippen LogP contribution in [0.1, 0.15) is 41.6 Å². The maximum absolute atomic E-state index is 12.3. The minimum Gasteiger partial charge on any atom is -0.468 e. The van der Waals surface area contributed by atoms with Crippen molar-refractivity contribution in [3.63, 3.8) is 0 Å². The third-order valence-electron chi connectivity index (χ3n) is 3.46. The van der Waals surface area contributed by atoms with Gasteiger partial charge in [-0.3, -0.25) is 14.6 Å². The molecule has 2 rings (SSSR count). The molecule has 0 fully saturated rings. The first-order valence-corrected chi connectivity index (χ1v) is 8.06. The summed E-state index contributed by atoms with van der Waals surface area (Å²) < 4.78 is 41.2. The molecular formula is C18H18F3N3O3. The van der Waals surface area contributed by atoms with Gasteiger partial charge >= 0.3 is 6.18 Å². The number of pyridine rings is 2. The number of hydrogen-bond acceptors (Lipinski definition) is 5. The molecule has 27 heavy (non-hydrogen) atoms. The van der Waals surface area contributed by atoms with Gasteiger partial charge in [-0.2, -0.15) is 13.2 Å². The number of hydrogen-bond donors (Lipinski definition) is 1. The average Bonchev–Trinajstić information content (AvgIpc) is 2.59. The van der Waals surface area contributed by atoms with Crippen LogP contribution in [0.15, 0.2) is 36.5 Å². The summed E-state index contributed by atoms with van der Waals surface area (Å²) in [6.45, 7) is 1.70. The van der Waals surface area contributed by atoms with Gasteiger partial charge in [0.15, 0.2) is 6.61 Å². The Hall–Kier alpha value is -2.97. The summed E-state index contributed by atoms with van der Waals surface area (Å²) in [6.07, 6.45) is -2.76. The van der Waals surface area contributed by atoms with Gasteiger partial charge in [0.05, 0.1) is 6.04 Å². The lowest BCUT2D eigenvalue weighted by atomic mass is 10.1. The molecule has 6 nitrogen and oxygen atoms in total. The largest absolute Gasteiger partial charge is 0.468 e. The molecule has 0 saturated carbocycles. The van der Waals surface area contributed by atoms with E-state index in [9.17, 15) is 22.8 Å². The van der Waals surface area contributed by atoms with Gasteiger partial charge in [-0.15, -0.1) is 0 Å². The van der Waals surface area contributed by atoms with E-state index in [1.807, 2.05) is 0 Å². The van der Waals surface area contributed by atoms with Crippen LogP contribution in [0.4, 0.5) is 13.2 Å². The van der Waals surface area contributed by atoms with Crippen molar-refractivity contribution in [1.82, 2.24) is 15.3 Å². The Labute approximate surface area is 153 Å². The van der Waals surface area contributed by atoms with Crippen LogP contribution in [0, 0.1) is 0 Å². The monoisotopic (exact) mass is 381 g/mol. The Morgan fingerprint density at radius 3 is 2.67 bits per heavy atom. The van der Waals surface area contributed by atoms with Gasteiger partial charge < -0.3 is 10.1 Å². The van der Waals surface area contributed by atoms with Crippen molar-refractivity contribution in [3.05, 3.63) is 53.5 Å². The van der Waals surface area contributed by atoms with E-state index in [0.717, 1.165) is 5.56 Å². The molecule has 9 heteroatoms. The summed E-state index contributed by atoms with van der Waals surface area (Å²) in [4.78, 5) is 31.4. The Morgan fingerprint density at radius 1 is 1.26 bits per heavy atom. The Balaban J connectivity index is 2.05. The fraction of sp³-hybridized carbons (Fsp3) is 0.333. The summed E-state index contributed by atoms with van der Waals surface area (Å²) >= 11 is 0. The van der Waals surface area contributed by atoms with Gasteiger partial charge in [-0.25, -0.2) is 4.98 Å². The summed E-state index contributed by atoms with van der Waals surface area (Å²) in [5.41, 5.74) is 1.25. The van der Waals surface area contributed by atoms with Gasteiger partial charge in [-0.05, 0) is 37.6 Å². The molecule has 2 aromatic rings. The Kier molecular flexibility index (Phi) is 6.49. The number of halogens is 3. The predicted octanol–water partition coefficient (Wildman–Crippen LogP) is 3.04. The normalized spacial score (nSPS) is 12.3. The first kappa shape index (κ1) is 20.3. The van der Waals surface area contributed by atoms with Crippen molar-refractivity contribution >= 4 is 11.7 Å². The zero-order chi connectivity index (χ0) is 20.0. The van der Waals surface area contributed by atoms with Gasteiger partial charge in [0.25, 0.3) is 5.91 Å². The van der Waals surface area contributed by atoms with Crippen molar-refractivity contribution in [2.45, 2.75) is 32.5 Å². The van der Waals surface area contributed by atoms with Crippen molar-refractivity contribution in [2.24, 2.45) is 0 Å². The number of alkyl halides is 3. The second-order valence-corrected chi connectivity index (χ2v) is 5.92. The number of ketones is 1. The lowest BCUT2D eigenvalue weighted by Crippen LogP contribution is -2.28. The van der Waals surface area contributed by atoms with Gasteiger partial charge in [0, 0.05) is 24.4 Å². The fourth-order valence-electron chi connectivity index (χ4n) is 2.25. The highest BCUT2D eigenvalue weighted by Gasteiger charge is 2.28. The van der Waals surface area contributed by atoms with Crippen LogP contribution in [-0.2, 0) is 11.2 Å². The van der Waals surface area contributed by atoms with E-state index >= 15 is 0 Å². The number of nitrogens with one attached hydrogen (secondary N) is 1. The molecule has 1 unspecified atom stereocenters. The number of Topliss-reactive ketones (excluding diaryl/α,β-unsaturated/α-hetero) is 1. The van der Waals surface area contributed by atoms with Gasteiger partial charge in [0.2, 0.25) is 5.88 Å². The van der Waals surface area contributed by atoms with E-state index in [-0.39, 0.29) is 23.8 Å². The second kappa shape index (κ2) is 8.61. The number of ether oxygens (including phenoxy) is 1. The van der Waals surface area contributed by atoms with E-state index < -0.39 is 24.7 Å². The van der Waals surface area contributed by atoms with E-state index in [1.54, 1.807) is 25.3 Å². The fourth-order valence-corrected chi connectivity index (χ4v) is 2.25. The van der Waals surface area contributed by atoms with Crippen LogP contribution in [-0.4, -0.2) is 34.4 Å². The molecule has 0 saturated heterocycles. The number of carbonyl (C=O) groups is 2. The molecule has 144 valence electrons. The predicted molar refractivity (Wildman–Crippen MR) is 90.3 cm³/mol. The molecule has 2 aromatic heterocycles.